The Morgan fingerprint density at radius 1 is 1.19 bits per heavy atom. The number of aliphatic hydroxyl groups excluding tert-OH is 1. The lowest BCUT2D eigenvalue weighted by atomic mass is 9.80. The van der Waals surface area contributed by atoms with Crippen LogP contribution in [0.15, 0.2) is 71.0 Å². The van der Waals surface area contributed by atoms with Gasteiger partial charge in [-0.1, -0.05) is 30.3 Å². The van der Waals surface area contributed by atoms with E-state index in [0.717, 1.165) is 16.5 Å². The molecule has 7 heteroatoms. The highest BCUT2D eigenvalue weighted by Crippen LogP contribution is 2.42. The van der Waals surface area contributed by atoms with Gasteiger partial charge >= 0.3 is 0 Å². The van der Waals surface area contributed by atoms with Crippen LogP contribution < -0.4 is 11.1 Å². The van der Waals surface area contributed by atoms with Crippen molar-refractivity contribution >= 4 is 28.3 Å². The van der Waals surface area contributed by atoms with Crippen LogP contribution in [0.5, 0.6) is 0 Å². The van der Waals surface area contributed by atoms with Crippen LogP contribution in [0.1, 0.15) is 31.2 Å². The molecule has 0 saturated carbocycles. The van der Waals surface area contributed by atoms with E-state index < -0.39 is 12.2 Å². The summed E-state index contributed by atoms with van der Waals surface area (Å²) in [6, 6.07) is 14.9. The summed E-state index contributed by atoms with van der Waals surface area (Å²) in [4.78, 5) is 13.1. The van der Waals surface area contributed by atoms with Crippen molar-refractivity contribution in [2.75, 3.05) is 24.3 Å². The number of ether oxygens (including phenoxy) is 2. The molecule has 1 aliphatic heterocycles. The summed E-state index contributed by atoms with van der Waals surface area (Å²) in [6.07, 6.45) is 4.19. The minimum Gasteiger partial charge on any atom is -0.464 e. The maximum atomic E-state index is 13.1. The summed E-state index contributed by atoms with van der Waals surface area (Å²) in [7, 11) is 0. The fraction of sp³-hybridized carbons (Fsp3) is 0.320. The standard InChI is InChI=1S/C25H28N2O5/c1-2-30-25-17(9-7-13-28)18(19-15-31-22-12-6-3-8-16(19)22)14-23(32-25)24(29)27-21-11-5-4-10-20(21)26/h3-6,8,10-12,14-15,17-18,25,28H,2,7,9,13,26H2,1H3,(H,27,29). The smallest absolute Gasteiger partial charge is 0.290 e. The number of benzene rings is 2. The third kappa shape index (κ3) is 4.49. The molecular weight excluding hydrogens is 408 g/mol. The van der Waals surface area contributed by atoms with Crippen LogP contribution in [0.3, 0.4) is 0 Å². The van der Waals surface area contributed by atoms with E-state index in [4.69, 9.17) is 19.6 Å². The number of fused-ring (bicyclic) bond motifs is 1. The van der Waals surface area contributed by atoms with Gasteiger partial charge in [0.1, 0.15) is 5.58 Å². The molecule has 0 saturated heterocycles. The first-order valence-electron chi connectivity index (χ1n) is 10.8. The molecule has 0 bridgehead atoms. The molecule has 0 aliphatic carbocycles. The van der Waals surface area contributed by atoms with Crippen LogP contribution >= 0.6 is 0 Å². The molecule has 4 rings (SSSR count). The van der Waals surface area contributed by atoms with Crippen molar-refractivity contribution in [2.45, 2.75) is 32.0 Å². The first kappa shape index (κ1) is 21.9. The third-order valence-electron chi connectivity index (χ3n) is 5.71. The second kappa shape index (κ2) is 9.89. The Balaban J connectivity index is 1.73. The van der Waals surface area contributed by atoms with Gasteiger partial charge in [0, 0.05) is 36.0 Å². The van der Waals surface area contributed by atoms with Gasteiger partial charge in [-0.25, -0.2) is 0 Å². The number of allylic oxidation sites excluding steroid dienone is 1. The number of para-hydroxylation sites is 3. The van der Waals surface area contributed by atoms with Gasteiger partial charge in [0.05, 0.1) is 17.6 Å². The van der Waals surface area contributed by atoms with Crippen molar-refractivity contribution in [2.24, 2.45) is 5.92 Å². The Kier molecular flexibility index (Phi) is 6.78. The third-order valence-corrected chi connectivity index (χ3v) is 5.71. The normalized spacial score (nSPS) is 20.6. The Morgan fingerprint density at radius 2 is 1.97 bits per heavy atom. The molecule has 0 fully saturated rings. The Morgan fingerprint density at radius 3 is 2.75 bits per heavy atom. The topological polar surface area (TPSA) is 107 Å². The quantitative estimate of drug-likeness (QED) is 0.452. The van der Waals surface area contributed by atoms with E-state index in [1.807, 2.05) is 37.3 Å². The highest BCUT2D eigenvalue weighted by molar-refractivity contribution is 6.04. The van der Waals surface area contributed by atoms with Gasteiger partial charge in [0.25, 0.3) is 5.91 Å². The fourth-order valence-corrected chi connectivity index (χ4v) is 4.17. The lowest BCUT2D eigenvalue weighted by Gasteiger charge is -2.36. The minimum atomic E-state index is -0.635. The summed E-state index contributed by atoms with van der Waals surface area (Å²) < 4.78 is 17.7. The minimum absolute atomic E-state index is 0.0680. The van der Waals surface area contributed by atoms with Gasteiger partial charge in [0.15, 0.2) is 5.76 Å². The van der Waals surface area contributed by atoms with Crippen molar-refractivity contribution in [1.29, 1.82) is 0 Å². The maximum Gasteiger partial charge on any atom is 0.290 e. The van der Waals surface area contributed by atoms with Gasteiger partial charge in [-0.05, 0) is 44.0 Å². The molecule has 168 valence electrons. The SMILES string of the molecule is CCOC1OC(C(=O)Nc2ccccc2N)=CC(c2coc3ccccc23)C1CCCO. The molecule has 0 spiro atoms. The van der Waals surface area contributed by atoms with Crippen LogP contribution in [0.25, 0.3) is 11.0 Å². The summed E-state index contributed by atoms with van der Waals surface area (Å²) in [6.45, 7) is 2.38. The molecule has 2 aromatic carbocycles. The second-order valence-corrected chi connectivity index (χ2v) is 7.76. The number of rotatable bonds is 8. The zero-order valence-electron chi connectivity index (χ0n) is 18.0. The van der Waals surface area contributed by atoms with Crippen molar-refractivity contribution in [3.8, 4) is 0 Å². The Labute approximate surface area is 186 Å². The Hall–Kier alpha value is -3.29. The van der Waals surface area contributed by atoms with Crippen LogP contribution in [-0.2, 0) is 14.3 Å². The molecule has 7 nitrogen and oxygen atoms in total. The lowest BCUT2D eigenvalue weighted by Crippen LogP contribution is -2.37. The first-order chi connectivity index (χ1) is 15.6. The van der Waals surface area contributed by atoms with Crippen LogP contribution in [-0.4, -0.2) is 30.5 Å². The molecule has 4 N–H and O–H groups in total. The molecule has 1 aromatic heterocycles. The maximum absolute atomic E-state index is 13.1. The number of carbonyl (C=O) groups excluding carboxylic acids is 1. The molecule has 1 amide bonds. The Bertz CT molecular complexity index is 1110. The average molecular weight is 437 g/mol. The average Bonchev–Trinajstić information content (AvgIpc) is 3.23. The van der Waals surface area contributed by atoms with Crippen LogP contribution in [0, 0.1) is 5.92 Å². The molecule has 3 unspecified atom stereocenters. The van der Waals surface area contributed by atoms with Crippen molar-refractivity contribution in [3.05, 3.63) is 72.2 Å². The van der Waals surface area contributed by atoms with E-state index in [-0.39, 0.29) is 24.2 Å². The fourth-order valence-electron chi connectivity index (χ4n) is 4.17. The van der Waals surface area contributed by atoms with Gasteiger partial charge in [-0.3, -0.25) is 4.79 Å². The summed E-state index contributed by atoms with van der Waals surface area (Å²) in [5.41, 5.74) is 8.70. The molecule has 3 aromatic rings. The zero-order chi connectivity index (χ0) is 22.5. The van der Waals surface area contributed by atoms with Crippen molar-refractivity contribution < 1.29 is 23.8 Å². The molecular formula is C25H28N2O5. The number of nitrogens with two attached hydrogens (primary N) is 1. The van der Waals surface area contributed by atoms with E-state index in [2.05, 4.69) is 5.32 Å². The number of carbonyl (C=O) groups is 1. The molecule has 1 aliphatic rings. The molecule has 3 atom stereocenters. The summed E-state index contributed by atoms with van der Waals surface area (Å²) in [5.74, 6) is -0.515. The van der Waals surface area contributed by atoms with E-state index >= 15 is 0 Å². The number of nitrogen functional groups attached to an aromatic ring is 1. The molecule has 0 radical (unpaired) electrons. The van der Waals surface area contributed by atoms with Crippen LogP contribution in [0.4, 0.5) is 11.4 Å². The monoisotopic (exact) mass is 436 g/mol. The van der Waals surface area contributed by atoms with E-state index in [1.54, 1.807) is 30.5 Å². The number of hydrogen-bond acceptors (Lipinski definition) is 6. The molecule has 2 heterocycles. The van der Waals surface area contributed by atoms with Crippen LogP contribution in [0.2, 0.25) is 0 Å². The predicted octanol–water partition coefficient (Wildman–Crippen LogP) is 4.40. The predicted molar refractivity (Wildman–Crippen MR) is 123 cm³/mol. The highest BCUT2D eigenvalue weighted by atomic mass is 16.7. The first-order valence-corrected chi connectivity index (χ1v) is 10.8. The number of hydrogen-bond donors (Lipinski definition) is 3. The molecule has 32 heavy (non-hydrogen) atoms. The zero-order valence-corrected chi connectivity index (χ0v) is 18.0. The highest BCUT2D eigenvalue weighted by Gasteiger charge is 2.39. The van der Waals surface area contributed by atoms with Gasteiger partial charge in [0.2, 0.25) is 6.29 Å². The number of furan rings is 1. The van der Waals surface area contributed by atoms with Crippen molar-refractivity contribution in [3.63, 3.8) is 0 Å². The van der Waals surface area contributed by atoms with Gasteiger partial charge in [-0.15, -0.1) is 0 Å². The lowest BCUT2D eigenvalue weighted by molar-refractivity contribution is -0.164. The van der Waals surface area contributed by atoms with E-state index in [0.29, 0.717) is 30.8 Å². The largest absolute Gasteiger partial charge is 0.464 e. The van der Waals surface area contributed by atoms with Gasteiger partial charge in [-0.2, -0.15) is 0 Å². The summed E-state index contributed by atoms with van der Waals surface area (Å²) >= 11 is 0. The van der Waals surface area contributed by atoms with E-state index in [9.17, 15) is 9.90 Å². The number of amides is 1. The van der Waals surface area contributed by atoms with E-state index in [1.165, 1.54) is 0 Å². The van der Waals surface area contributed by atoms with Gasteiger partial charge < -0.3 is 30.0 Å². The number of aliphatic hydroxyl groups is 1. The summed E-state index contributed by atoms with van der Waals surface area (Å²) in [5, 5.41) is 13.2. The van der Waals surface area contributed by atoms with Crippen molar-refractivity contribution in [1.82, 2.24) is 0 Å². The number of anilines is 2. The second-order valence-electron chi connectivity index (χ2n) is 7.76. The number of nitrogens with one attached hydrogen (secondary N) is 1.